The van der Waals surface area contributed by atoms with Crippen LogP contribution in [0.2, 0.25) is 0 Å². The standard InChI is InChI=1S/C33H37N3O4/c1-20-12-14-23(15-13-20)27-24-18-25(31(37)34-19-22-10-8-7-9-11-22)36-17-16-35(6)28(29(24)36)21(2)26(27)30(32(38)39)40-33(3,4)5/h7-15,18,30H,16-17,19H2,1-6H3,(H,34,37)(H,38,39)/t30-/m0/s1. The molecule has 5 rings (SSSR count). The zero-order valence-electron chi connectivity index (χ0n) is 24.0. The number of likely N-dealkylation sites (N-methyl/N-ethyl adjacent to an activating group) is 1. The van der Waals surface area contributed by atoms with Crippen LogP contribution in [-0.2, 0) is 22.6 Å². The van der Waals surface area contributed by atoms with Gasteiger partial charge in [0, 0.05) is 37.6 Å². The Morgan fingerprint density at radius 2 is 1.70 bits per heavy atom. The summed E-state index contributed by atoms with van der Waals surface area (Å²) in [6.45, 7) is 11.3. The Labute approximate surface area is 235 Å². The lowest BCUT2D eigenvalue weighted by Gasteiger charge is -2.34. The number of nitrogens with one attached hydrogen (secondary N) is 1. The van der Waals surface area contributed by atoms with Crippen LogP contribution in [0.1, 0.15) is 59.6 Å². The molecular formula is C33H37N3O4. The van der Waals surface area contributed by atoms with E-state index in [4.69, 9.17) is 4.74 Å². The highest BCUT2D eigenvalue weighted by Crippen LogP contribution is 2.47. The van der Waals surface area contributed by atoms with Crippen LogP contribution in [0.5, 0.6) is 0 Å². The first-order valence-electron chi connectivity index (χ1n) is 13.7. The monoisotopic (exact) mass is 539 g/mol. The number of aryl methyl sites for hydroxylation is 1. The van der Waals surface area contributed by atoms with E-state index < -0.39 is 17.7 Å². The molecule has 3 aromatic carbocycles. The first-order valence-corrected chi connectivity index (χ1v) is 13.7. The quantitative estimate of drug-likeness (QED) is 0.290. The molecule has 1 atom stereocenters. The Morgan fingerprint density at radius 1 is 1.02 bits per heavy atom. The Kier molecular flexibility index (Phi) is 7.19. The summed E-state index contributed by atoms with van der Waals surface area (Å²) < 4.78 is 8.30. The van der Waals surface area contributed by atoms with Gasteiger partial charge < -0.3 is 24.6 Å². The van der Waals surface area contributed by atoms with Gasteiger partial charge in [-0.15, -0.1) is 0 Å². The zero-order valence-corrected chi connectivity index (χ0v) is 24.0. The van der Waals surface area contributed by atoms with Gasteiger partial charge in [0.05, 0.1) is 16.8 Å². The van der Waals surface area contributed by atoms with Crippen LogP contribution in [0, 0.1) is 13.8 Å². The van der Waals surface area contributed by atoms with Crippen molar-refractivity contribution >= 4 is 28.5 Å². The Balaban J connectivity index is 1.78. The highest BCUT2D eigenvalue weighted by Gasteiger charge is 2.36. The predicted octanol–water partition coefficient (Wildman–Crippen LogP) is 6.25. The number of hydrogen-bond donors (Lipinski definition) is 2. The molecule has 2 heterocycles. The van der Waals surface area contributed by atoms with Gasteiger partial charge in [0.15, 0.2) is 6.10 Å². The third-order valence-electron chi connectivity index (χ3n) is 7.49. The van der Waals surface area contributed by atoms with E-state index >= 15 is 0 Å². The molecule has 0 fully saturated rings. The first-order chi connectivity index (χ1) is 19.0. The second kappa shape index (κ2) is 10.5. The summed E-state index contributed by atoms with van der Waals surface area (Å²) in [4.78, 5) is 28.6. The van der Waals surface area contributed by atoms with Crippen LogP contribution in [0.15, 0.2) is 60.7 Å². The van der Waals surface area contributed by atoms with E-state index in [0.717, 1.165) is 44.4 Å². The molecule has 7 heteroatoms. The molecular weight excluding hydrogens is 502 g/mol. The second-order valence-corrected chi connectivity index (χ2v) is 11.6. The fourth-order valence-electron chi connectivity index (χ4n) is 5.70. The number of benzene rings is 3. The summed E-state index contributed by atoms with van der Waals surface area (Å²) in [6.07, 6.45) is -1.19. The van der Waals surface area contributed by atoms with E-state index in [-0.39, 0.29) is 5.91 Å². The molecule has 1 aliphatic rings. The molecule has 1 aromatic heterocycles. The summed E-state index contributed by atoms with van der Waals surface area (Å²) in [6, 6.07) is 19.8. The van der Waals surface area contributed by atoms with E-state index in [9.17, 15) is 14.7 Å². The van der Waals surface area contributed by atoms with Crippen LogP contribution in [0.25, 0.3) is 22.0 Å². The van der Waals surface area contributed by atoms with Crippen LogP contribution >= 0.6 is 0 Å². The van der Waals surface area contributed by atoms with E-state index in [1.165, 1.54) is 0 Å². The number of ether oxygens (including phenoxy) is 1. The molecule has 4 aromatic rings. The SMILES string of the molecule is Cc1ccc(-c2c([C@H](OC(C)(C)C)C(=O)O)c(C)c3c4c2cc(C(=O)NCc2ccccc2)n4CCN3C)cc1. The molecule has 0 bridgehead atoms. The van der Waals surface area contributed by atoms with Crippen molar-refractivity contribution in [1.29, 1.82) is 0 Å². The summed E-state index contributed by atoms with van der Waals surface area (Å²) >= 11 is 0. The largest absolute Gasteiger partial charge is 0.479 e. The van der Waals surface area contributed by atoms with Crippen molar-refractivity contribution in [3.8, 4) is 11.1 Å². The minimum Gasteiger partial charge on any atom is -0.479 e. The molecule has 0 radical (unpaired) electrons. The summed E-state index contributed by atoms with van der Waals surface area (Å²) in [5.74, 6) is -1.21. The number of aliphatic carboxylic acids is 1. The van der Waals surface area contributed by atoms with E-state index in [0.29, 0.717) is 30.9 Å². The Hall–Kier alpha value is -4.10. The molecule has 0 spiro atoms. The molecule has 0 unspecified atom stereocenters. The maximum absolute atomic E-state index is 13.6. The van der Waals surface area contributed by atoms with Crippen molar-refractivity contribution in [3.05, 3.63) is 88.6 Å². The smallest absolute Gasteiger partial charge is 0.337 e. The molecule has 208 valence electrons. The van der Waals surface area contributed by atoms with Gasteiger partial charge >= 0.3 is 5.97 Å². The molecule has 0 saturated carbocycles. The third-order valence-corrected chi connectivity index (χ3v) is 7.49. The average molecular weight is 540 g/mol. The van der Waals surface area contributed by atoms with Crippen LogP contribution in [0.3, 0.4) is 0 Å². The third kappa shape index (κ3) is 5.09. The van der Waals surface area contributed by atoms with E-state index in [1.54, 1.807) is 0 Å². The number of rotatable bonds is 7. The van der Waals surface area contributed by atoms with Crippen molar-refractivity contribution in [1.82, 2.24) is 9.88 Å². The second-order valence-electron chi connectivity index (χ2n) is 11.6. The normalized spacial score (nSPS) is 13.9. The Bertz CT molecular complexity index is 1580. The lowest BCUT2D eigenvalue weighted by molar-refractivity contribution is -0.160. The lowest BCUT2D eigenvalue weighted by Crippen LogP contribution is -2.33. The van der Waals surface area contributed by atoms with E-state index in [2.05, 4.69) is 14.8 Å². The van der Waals surface area contributed by atoms with Gasteiger partial charge in [-0.25, -0.2) is 4.79 Å². The van der Waals surface area contributed by atoms with Gasteiger partial charge in [0.2, 0.25) is 0 Å². The van der Waals surface area contributed by atoms with Crippen molar-refractivity contribution in [2.24, 2.45) is 0 Å². The minimum absolute atomic E-state index is 0.162. The number of hydrogen-bond acceptors (Lipinski definition) is 4. The van der Waals surface area contributed by atoms with Gasteiger partial charge in [-0.2, -0.15) is 0 Å². The lowest BCUT2D eigenvalue weighted by atomic mass is 9.87. The average Bonchev–Trinajstić information content (AvgIpc) is 3.29. The predicted molar refractivity (Wildman–Crippen MR) is 159 cm³/mol. The van der Waals surface area contributed by atoms with Gasteiger partial charge in [-0.05, 0) is 62.9 Å². The number of nitrogens with zero attached hydrogens (tertiary/aromatic N) is 2. The number of carboxylic acid groups (broad SMARTS) is 1. The van der Waals surface area contributed by atoms with E-state index in [1.807, 2.05) is 102 Å². The summed E-state index contributed by atoms with van der Waals surface area (Å²) in [5.41, 5.74) is 7.02. The number of carbonyl (C=O) groups excluding carboxylic acids is 1. The number of amides is 1. The van der Waals surface area contributed by atoms with Crippen LogP contribution < -0.4 is 10.2 Å². The molecule has 1 amide bonds. The number of carbonyl (C=O) groups is 2. The number of anilines is 1. The number of carboxylic acids is 1. The summed E-state index contributed by atoms with van der Waals surface area (Å²) in [5, 5.41) is 14.4. The topological polar surface area (TPSA) is 83.8 Å². The molecule has 1 aliphatic heterocycles. The summed E-state index contributed by atoms with van der Waals surface area (Å²) in [7, 11) is 2.02. The van der Waals surface area contributed by atoms with Gasteiger partial charge in [-0.1, -0.05) is 60.2 Å². The minimum atomic E-state index is -1.19. The molecule has 0 aliphatic carbocycles. The molecule has 0 saturated heterocycles. The molecule has 40 heavy (non-hydrogen) atoms. The molecule has 7 nitrogen and oxygen atoms in total. The first kappa shape index (κ1) is 27.5. The van der Waals surface area contributed by atoms with Crippen molar-refractivity contribution in [3.63, 3.8) is 0 Å². The zero-order chi connectivity index (χ0) is 28.8. The maximum atomic E-state index is 13.6. The Morgan fingerprint density at radius 3 is 2.33 bits per heavy atom. The number of aromatic nitrogens is 1. The van der Waals surface area contributed by atoms with Gasteiger partial charge in [0.25, 0.3) is 5.91 Å². The van der Waals surface area contributed by atoms with Crippen molar-refractivity contribution < 1.29 is 19.4 Å². The molecule has 2 N–H and O–H groups in total. The maximum Gasteiger partial charge on any atom is 0.337 e. The van der Waals surface area contributed by atoms with Crippen LogP contribution in [0.4, 0.5) is 5.69 Å². The van der Waals surface area contributed by atoms with Crippen molar-refractivity contribution in [2.45, 2.75) is 59.4 Å². The van der Waals surface area contributed by atoms with Gasteiger partial charge in [-0.3, -0.25) is 4.79 Å². The fourth-order valence-corrected chi connectivity index (χ4v) is 5.70. The highest BCUT2D eigenvalue weighted by molar-refractivity contribution is 6.11. The van der Waals surface area contributed by atoms with Gasteiger partial charge in [0.1, 0.15) is 5.69 Å². The highest BCUT2D eigenvalue weighted by atomic mass is 16.5. The van der Waals surface area contributed by atoms with Crippen molar-refractivity contribution in [2.75, 3.05) is 18.5 Å². The van der Waals surface area contributed by atoms with Crippen LogP contribution in [-0.4, -0.2) is 40.7 Å². The fraction of sp³-hybridized carbons (Fsp3) is 0.333.